The lowest BCUT2D eigenvalue weighted by Gasteiger charge is -2.29. The molecule has 1 heterocycles. The lowest BCUT2D eigenvalue weighted by atomic mass is 9.82. The molecule has 1 amide bonds. The number of rotatable bonds is 5. The van der Waals surface area contributed by atoms with E-state index in [1.165, 1.54) is 36.3 Å². The molecule has 3 rings (SSSR count). The maximum absolute atomic E-state index is 13.2. The molecule has 0 saturated carbocycles. The number of Topliss-reactive ketones (excluding diaryl/α,β-unsaturated/α-hetero) is 1. The first-order valence-corrected chi connectivity index (χ1v) is 11.0. The van der Waals surface area contributed by atoms with Crippen molar-refractivity contribution < 1.29 is 27.9 Å². The Bertz CT molecular complexity index is 1160. The molecule has 0 aromatic heterocycles. The summed E-state index contributed by atoms with van der Waals surface area (Å²) in [4.78, 5) is 27.4. The molecule has 0 fully saturated rings. The summed E-state index contributed by atoms with van der Waals surface area (Å²) in [6.07, 6.45) is 0. The van der Waals surface area contributed by atoms with Gasteiger partial charge in [0.05, 0.1) is 23.6 Å². The van der Waals surface area contributed by atoms with E-state index in [0.717, 1.165) is 0 Å². The van der Waals surface area contributed by atoms with E-state index >= 15 is 0 Å². The number of carbonyl (C=O) groups excluding carboxylic acids is 2. The van der Waals surface area contributed by atoms with Crippen LogP contribution in [0.25, 0.3) is 0 Å². The minimum absolute atomic E-state index is 0.0156. The van der Waals surface area contributed by atoms with Crippen molar-refractivity contribution in [2.24, 2.45) is 10.6 Å². The van der Waals surface area contributed by atoms with Gasteiger partial charge in [0.1, 0.15) is 5.75 Å². The fraction of sp³-hybridized carbons (Fsp3) is 0.273. The zero-order chi connectivity index (χ0) is 23.1. The fourth-order valence-electron chi connectivity index (χ4n) is 3.41. The van der Waals surface area contributed by atoms with Gasteiger partial charge in [-0.1, -0.05) is 32.9 Å². The molecule has 1 aliphatic heterocycles. The van der Waals surface area contributed by atoms with Gasteiger partial charge in [0.15, 0.2) is 11.5 Å². The highest BCUT2D eigenvalue weighted by atomic mass is 32.2. The van der Waals surface area contributed by atoms with Crippen molar-refractivity contribution in [2.45, 2.75) is 31.7 Å². The van der Waals surface area contributed by atoms with Crippen molar-refractivity contribution in [3.8, 4) is 5.75 Å². The number of benzene rings is 2. The number of anilines is 1. The van der Waals surface area contributed by atoms with Gasteiger partial charge < -0.3 is 9.84 Å². The van der Waals surface area contributed by atoms with E-state index in [0.29, 0.717) is 17.0 Å². The predicted molar refractivity (Wildman–Crippen MR) is 115 cm³/mol. The molecule has 9 heteroatoms. The van der Waals surface area contributed by atoms with Crippen LogP contribution in [0.15, 0.2) is 64.8 Å². The van der Waals surface area contributed by atoms with E-state index in [-0.39, 0.29) is 16.3 Å². The zero-order valence-corrected chi connectivity index (χ0v) is 18.4. The maximum atomic E-state index is 13.2. The van der Waals surface area contributed by atoms with Crippen molar-refractivity contribution in [3.05, 3.63) is 65.4 Å². The number of primary sulfonamides is 1. The summed E-state index contributed by atoms with van der Waals surface area (Å²) in [7, 11) is -2.39. The molecule has 8 nitrogen and oxygen atoms in total. The first-order valence-electron chi connectivity index (χ1n) is 9.44. The van der Waals surface area contributed by atoms with Gasteiger partial charge in [-0.2, -0.15) is 0 Å². The van der Waals surface area contributed by atoms with Crippen molar-refractivity contribution in [1.29, 1.82) is 0 Å². The van der Waals surface area contributed by atoms with E-state index in [1.807, 2.05) is 0 Å². The third kappa shape index (κ3) is 4.19. The van der Waals surface area contributed by atoms with Crippen molar-refractivity contribution in [2.75, 3.05) is 12.0 Å². The summed E-state index contributed by atoms with van der Waals surface area (Å²) < 4.78 is 28.3. The Labute approximate surface area is 181 Å². The number of sulfonamides is 1. The Morgan fingerprint density at radius 2 is 1.61 bits per heavy atom. The van der Waals surface area contributed by atoms with Gasteiger partial charge in [0.2, 0.25) is 10.0 Å². The number of aliphatic hydroxyl groups is 1. The summed E-state index contributed by atoms with van der Waals surface area (Å²) in [6, 6.07) is 11.2. The molecule has 1 atom stereocenters. The predicted octanol–water partition coefficient (Wildman–Crippen LogP) is 2.86. The molecule has 2 aromatic carbocycles. The Kier molecular flexibility index (Phi) is 5.68. The third-order valence-corrected chi connectivity index (χ3v) is 5.94. The van der Waals surface area contributed by atoms with E-state index in [1.54, 1.807) is 45.0 Å². The topological polar surface area (TPSA) is 127 Å². The van der Waals surface area contributed by atoms with Crippen LogP contribution in [0.5, 0.6) is 5.75 Å². The monoisotopic (exact) mass is 444 g/mol. The Hall–Kier alpha value is -3.17. The minimum Gasteiger partial charge on any atom is -0.503 e. The molecule has 31 heavy (non-hydrogen) atoms. The van der Waals surface area contributed by atoms with Crippen LogP contribution in [0.1, 0.15) is 32.4 Å². The highest BCUT2D eigenvalue weighted by Gasteiger charge is 2.46. The summed E-state index contributed by atoms with van der Waals surface area (Å²) in [6.45, 7) is 5.11. The van der Waals surface area contributed by atoms with E-state index in [4.69, 9.17) is 9.88 Å². The van der Waals surface area contributed by atoms with Gasteiger partial charge in [-0.3, -0.25) is 14.5 Å². The second-order valence-corrected chi connectivity index (χ2v) is 9.79. The average molecular weight is 445 g/mol. The average Bonchev–Trinajstić information content (AvgIpc) is 2.97. The number of ketones is 1. The number of hydrogen-bond acceptors (Lipinski definition) is 6. The lowest BCUT2D eigenvalue weighted by Crippen LogP contribution is -2.32. The SMILES string of the molecule is COc1ccc(C2C(C(=O)C(C)(C)C)=C(O)C(=O)N2c2ccc(S(N)(=O)=O)cc2)cc1. The third-order valence-electron chi connectivity index (χ3n) is 5.01. The van der Waals surface area contributed by atoms with E-state index < -0.39 is 33.1 Å². The molecule has 0 radical (unpaired) electrons. The van der Waals surface area contributed by atoms with E-state index in [2.05, 4.69) is 0 Å². The largest absolute Gasteiger partial charge is 0.503 e. The smallest absolute Gasteiger partial charge is 0.294 e. The van der Waals surface area contributed by atoms with E-state index in [9.17, 15) is 23.1 Å². The molecule has 0 aliphatic carbocycles. The molecule has 1 unspecified atom stereocenters. The number of methoxy groups -OCH3 is 1. The van der Waals surface area contributed by atoms with Gasteiger partial charge in [-0.05, 0) is 42.0 Å². The Balaban J connectivity index is 2.17. The Morgan fingerprint density at radius 1 is 1.06 bits per heavy atom. The van der Waals surface area contributed by atoms with Crippen LogP contribution in [0.4, 0.5) is 5.69 Å². The molecule has 3 N–H and O–H groups in total. The lowest BCUT2D eigenvalue weighted by molar-refractivity contribution is -0.123. The van der Waals surface area contributed by atoms with Gasteiger partial charge in [-0.25, -0.2) is 13.6 Å². The minimum atomic E-state index is -3.92. The molecule has 0 bridgehead atoms. The highest BCUT2D eigenvalue weighted by molar-refractivity contribution is 7.89. The number of hydrogen-bond donors (Lipinski definition) is 2. The summed E-state index contributed by atoms with van der Waals surface area (Å²) in [5.41, 5.74) is 0.0305. The quantitative estimate of drug-likeness (QED) is 0.730. The standard InChI is InChI=1S/C22H24N2O6S/c1-22(2,3)20(26)17-18(13-5-9-15(30-4)10-6-13)24(21(27)19(17)25)14-7-11-16(12-8-14)31(23,28)29/h5-12,18,25H,1-4H3,(H2,23,28,29). The van der Waals surface area contributed by atoms with Gasteiger partial charge >= 0.3 is 0 Å². The second kappa shape index (κ2) is 7.82. The van der Waals surface area contributed by atoms with Crippen LogP contribution in [0.3, 0.4) is 0 Å². The summed E-state index contributed by atoms with van der Waals surface area (Å²) in [5, 5.41) is 15.8. The number of ether oxygens (including phenoxy) is 1. The number of nitrogens with two attached hydrogens (primary N) is 1. The fourth-order valence-corrected chi connectivity index (χ4v) is 3.92. The normalized spacial score (nSPS) is 17.3. The molecule has 0 spiro atoms. The molecule has 1 aliphatic rings. The van der Waals surface area contributed by atoms with Crippen molar-refractivity contribution in [1.82, 2.24) is 0 Å². The Morgan fingerprint density at radius 3 is 2.06 bits per heavy atom. The first kappa shape index (κ1) is 22.5. The highest BCUT2D eigenvalue weighted by Crippen LogP contribution is 2.43. The van der Waals surface area contributed by atoms with Crippen LogP contribution in [-0.2, 0) is 19.6 Å². The molecule has 164 valence electrons. The van der Waals surface area contributed by atoms with Crippen LogP contribution >= 0.6 is 0 Å². The van der Waals surface area contributed by atoms with Crippen LogP contribution in [0.2, 0.25) is 0 Å². The molecule has 0 saturated heterocycles. The zero-order valence-electron chi connectivity index (χ0n) is 17.6. The summed E-state index contributed by atoms with van der Waals surface area (Å²) >= 11 is 0. The molecule has 2 aromatic rings. The van der Waals surface area contributed by atoms with Gasteiger partial charge in [-0.15, -0.1) is 0 Å². The first-order chi connectivity index (χ1) is 14.4. The molecular formula is C22H24N2O6S. The number of nitrogens with zero attached hydrogens (tertiary/aromatic N) is 1. The van der Waals surface area contributed by atoms with Crippen molar-refractivity contribution >= 4 is 27.4 Å². The number of carbonyl (C=O) groups is 2. The summed E-state index contributed by atoms with van der Waals surface area (Å²) in [5.74, 6) is -1.16. The number of amides is 1. The second-order valence-electron chi connectivity index (χ2n) is 8.23. The van der Waals surface area contributed by atoms with Crippen molar-refractivity contribution in [3.63, 3.8) is 0 Å². The maximum Gasteiger partial charge on any atom is 0.294 e. The number of aliphatic hydroxyl groups excluding tert-OH is 1. The van der Waals surface area contributed by atoms with Crippen LogP contribution in [0, 0.1) is 5.41 Å². The van der Waals surface area contributed by atoms with Gasteiger partial charge in [0.25, 0.3) is 5.91 Å². The van der Waals surface area contributed by atoms with Crippen LogP contribution in [-0.4, -0.2) is 32.3 Å². The van der Waals surface area contributed by atoms with Crippen LogP contribution < -0.4 is 14.8 Å². The molecular weight excluding hydrogens is 420 g/mol. The van der Waals surface area contributed by atoms with Gasteiger partial charge in [0, 0.05) is 11.1 Å².